The molecule has 1 aliphatic carbocycles. The highest BCUT2D eigenvalue weighted by molar-refractivity contribution is 5.92. The van der Waals surface area contributed by atoms with Gasteiger partial charge < -0.3 is 20.1 Å². The van der Waals surface area contributed by atoms with Crippen LogP contribution in [0.5, 0.6) is 0 Å². The number of aryl methyl sites for hydroxylation is 1. The Hall–Kier alpha value is -3.09. The number of hydrogen-bond acceptors (Lipinski definition) is 4. The Morgan fingerprint density at radius 2 is 1.86 bits per heavy atom. The van der Waals surface area contributed by atoms with Crippen molar-refractivity contribution in [1.29, 1.82) is 0 Å². The molecule has 1 saturated carbocycles. The largest absolute Gasteiger partial charge is 0.361 e. The molecule has 0 saturated heterocycles. The van der Waals surface area contributed by atoms with Gasteiger partial charge in [0.2, 0.25) is 11.8 Å². The van der Waals surface area contributed by atoms with Gasteiger partial charge in [0.1, 0.15) is 5.76 Å². The molecule has 1 aliphatic rings. The van der Waals surface area contributed by atoms with Crippen LogP contribution in [0.3, 0.4) is 0 Å². The SMILES string of the molecule is Cc1cc(NC(=O)C2CCC(C(=O)NCCc3c[nH]c4ccccc34)CC2)no1. The molecule has 0 radical (unpaired) electrons. The minimum atomic E-state index is -0.0812. The normalized spacial score (nSPS) is 19.2. The van der Waals surface area contributed by atoms with Gasteiger partial charge in [0.15, 0.2) is 5.82 Å². The highest BCUT2D eigenvalue weighted by Crippen LogP contribution is 2.30. The van der Waals surface area contributed by atoms with Crippen molar-refractivity contribution < 1.29 is 14.1 Å². The van der Waals surface area contributed by atoms with Gasteiger partial charge in [0.25, 0.3) is 0 Å². The van der Waals surface area contributed by atoms with Crippen LogP contribution in [0.4, 0.5) is 5.82 Å². The lowest BCUT2D eigenvalue weighted by molar-refractivity contribution is -0.128. The number of amides is 2. The lowest BCUT2D eigenvalue weighted by atomic mass is 9.81. The molecule has 0 atom stereocenters. The molecule has 1 aromatic carbocycles. The second-order valence-electron chi connectivity index (χ2n) is 7.76. The fourth-order valence-corrected chi connectivity index (χ4v) is 4.07. The number of aromatic nitrogens is 2. The summed E-state index contributed by atoms with van der Waals surface area (Å²) < 4.78 is 4.97. The van der Waals surface area contributed by atoms with E-state index in [1.807, 2.05) is 18.3 Å². The summed E-state index contributed by atoms with van der Waals surface area (Å²) in [6, 6.07) is 9.88. The van der Waals surface area contributed by atoms with Gasteiger partial charge in [0.05, 0.1) is 0 Å². The first kappa shape index (κ1) is 19.2. The highest BCUT2D eigenvalue weighted by atomic mass is 16.5. The Morgan fingerprint density at radius 1 is 1.14 bits per heavy atom. The molecular formula is C22H26N4O3. The van der Waals surface area contributed by atoms with Gasteiger partial charge in [-0.25, -0.2) is 0 Å². The number of nitrogens with one attached hydrogen (secondary N) is 3. The molecule has 2 heterocycles. The van der Waals surface area contributed by atoms with Gasteiger partial charge in [-0.2, -0.15) is 0 Å². The maximum absolute atomic E-state index is 12.5. The molecule has 0 unspecified atom stereocenters. The Morgan fingerprint density at radius 3 is 2.59 bits per heavy atom. The number of hydrogen-bond donors (Lipinski definition) is 3. The first-order chi connectivity index (χ1) is 14.1. The van der Waals surface area contributed by atoms with E-state index in [0.717, 1.165) is 24.8 Å². The fourth-order valence-electron chi connectivity index (χ4n) is 4.07. The van der Waals surface area contributed by atoms with E-state index in [4.69, 9.17) is 4.52 Å². The van der Waals surface area contributed by atoms with Crippen LogP contribution >= 0.6 is 0 Å². The van der Waals surface area contributed by atoms with Gasteiger partial charge in [-0.3, -0.25) is 9.59 Å². The Bertz CT molecular complexity index is 998. The summed E-state index contributed by atoms with van der Waals surface area (Å²) >= 11 is 0. The third kappa shape index (κ3) is 4.50. The quantitative estimate of drug-likeness (QED) is 0.595. The molecule has 7 heteroatoms. The van der Waals surface area contributed by atoms with Gasteiger partial charge in [-0.15, -0.1) is 0 Å². The average Bonchev–Trinajstić information content (AvgIpc) is 3.34. The molecule has 4 rings (SSSR count). The van der Waals surface area contributed by atoms with Crippen LogP contribution in [0.2, 0.25) is 0 Å². The first-order valence-electron chi connectivity index (χ1n) is 10.2. The summed E-state index contributed by atoms with van der Waals surface area (Å²) in [5.41, 5.74) is 2.33. The molecule has 152 valence electrons. The molecule has 3 N–H and O–H groups in total. The number of H-pyrrole nitrogens is 1. The highest BCUT2D eigenvalue weighted by Gasteiger charge is 2.30. The molecule has 0 bridgehead atoms. The van der Waals surface area contributed by atoms with Crippen molar-refractivity contribution in [3.05, 3.63) is 47.9 Å². The lowest BCUT2D eigenvalue weighted by Crippen LogP contribution is -2.36. The predicted molar refractivity (Wildman–Crippen MR) is 110 cm³/mol. The fraction of sp³-hybridized carbons (Fsp3) is 0.409. The van der Waals surface area contributed by atoms with Crippen molar-refractivity contribution in [3.8, 4) is 0 Å². The minimum Gasteiger partial charge on any atom is -0.361 e. The third-order valence-corrected chi connectivity index (χ3v) is 5.72. The molecular weight excluding hydrogens is 368 g/mol. The summed E-state index contributed by atoms with van der Waals surface area (Å²) in [5.74, 6) is 1.06. The number of carbonyl (C=O) groups is 2. The summed E-state index contributed by atoms with van der Waals surface area (Å²) in [7, 11) is 0. The standard InChI is InChI=1S/C22H26N4O3/c1-14-12-20(26-29-14)25-22(28)16-8-6-15(7-9-16)21(27)23-11-10-17-13-24-19-5-3-2-4-18(17)19/h2-5,12-13,15-16,24H,6-11H2,1H3,(H,23,27)(H,25,26,28). The number of nitrogens with zero attached hydrogens (tertiary/aromatic N) is 1. The van der Waals surface area contributed by atoms with E-state index in [1.165, 1.54) is 10.9 Å². The Kier molecular flexibility index (Phi) is 5.64. The van der Waals surface area contributed by atoms with Gasteiger partial charge >= 0.3 is 0 Å². The summed E-state index contributed by atoms with van der Waals surface area (Å²) in [5, 5.41) is 10.9. The summed E-state index contributed by atoms with van der Waals surface area (Å²) in [6.07, 6.45) is 5.69. The first-order valence-corrected chi connectivity index (χ1v) is 10.2. The number of anilines is 1. The van der Waals surface area contributed by atoms with Gasteiger partial charge in [-0.1, -0.05) is 23.4 Å². The second kappa shape index (κ2) is 8.51. The molecule has 2 aromatic heterocycles. The van der Waals surface area contributed by atoms with E-state index in [0.29, 0.717) is 31.0 Å². The predicted octanol–water partition coefficient (Wildman–Crippen LogP) is 3.57. The number of aromatic amines is 1. The number of carbonyl (C=O) groups excluding carboxylic acids is 2. The maximum atomic E-state index is 12.5. The van der Waals surface area contributed by atoms with E-state index in [1.54, 1.807) is 13.0 Å². The molecule has 29 heavy (non-hydrogen) atoms. The monoisotopic (exact) mass is 394 g/mol. The average molecular weight is 394 g/mol. The number of para-hydroxylation sites is 1. The van der Waals surface area contributed by atoms with Crippen LogP contribution < -0.4 is 10.6 Å². The number of rotatable bonds is 6. The minimum absolute atomic E-state index is 0.0173. The zero-order valence-electron chi connectivity index (χ0n) is 16.5. The molecule has 3 aromatic rings. The van der Waals surface area contributed by atoms with Crippen molar-refractivity contribution in [2.75, 3.05) is 11.9 Å². The van der Waals surface area contributed by atoms with Crippen LogP contribution in [-0.2, 0) is 16.0 Å². The third-order valence-electron chi connectivity index (χ3n) is 5.72. The van der Waals surface area contributed by atoms with Crippen LogP contribution in [0.1, 0.15) is 37.0 Å². The van der Waals surface area contributed by atoms with Crippen molar-refractivity contribution in [2.24, 2.45) is 11.8 Å². The zero-order valence-corrected chi connectivity index (χ0v) is 16.5. The topological polar surface area (TPSA) is 100 Å². The number of benzene rings is 1. The maximum Gasteiger partial charge on any atom is 0.228 e. The molecule has 2 amide bonds. The zero-order chi connectivity index (χ0) is 20.2. The van der Waals surface area contributed by atoms with Crippen molar-refractivity contribution >= 4 is 28.5 Å². The lowest BCUT2D eigenvalue weighted by Gasteiger charge is -2.26. The van der Waals surface area contributed by atoms with E-state index >= 15 is 0 Å². The Labute approximate surface area is 169 Å². The van der Waals surface area contributed by atoms with Crippen LogP contribution in [0, 0.1) is 18.8 Å². The summed E-state index contributed by atoms with van der Waals surface area (Å²) in [4.78, 5) is 28.1. The van der Waals surface area contributed by atoms with Gasteiger partial charge in [-0.05, 0) is 50.7 Å². The summed E-state index contributed by atoms with van der Waals surface area (Å²) in [6.45, 7) is 2.40. The van der Waals surface area contributed by atoms with Crippen molar-refractivity contribution in [3.63, 3.8) is 0 Å². The molecule has 0 spiro atoms. The van der Waals surface area contributed by atoms with Crippen LogP contribution in [0.25, 0.3) is 10.9 Å². The van der Waals surface area contributed by atoms with E-state index in [9.17, 15) is 9.59 Å². The molecule has 1 fully saturated rings. The van der Waals surface area contributed by atoms with Crippen LogP contribution in [-0.4, -0.2) is 28.5 Å². The van der Waals surface area contributed by atoms with Crippen molar-refractivity contribution in [2.45, 2.75) is 39.0 Å². The van der Waals surface area contributed by atoms with Crippen LogP contribution in [0.15, 0.2) is 41.1 Å². The molecule has 0 aliphatic heterocycles. The second-order valence-corrected chi connectivity index (χ2v) is 7.76. The van der Waals surface area contributed by atoms with E-state index < -0.39 is 0 Å². The smallest absolute Gasteiger partial charge is 0.228 e. The van der Waals surface area contributed by atoms with Gasteiger partial charge in [0, 0.05) is 41.5 Å². The molecule has 7 nitrogen and oxygen atoms in total. The Balaban J connectivity index is 1.21. The van der Waals surface area contributed by atoms with E-state index in [2.05, 4.69) is 32.9 Å². The van der Waals surface area contributed by atoms with E-state index in [-0.39, 0.29) is 23.7 Å². The van der Waals surface area contributed by atoms with Crippen molar-refractivity contribution in [1.82, 2.24) is 15.5 Å². The number of fused-ring (bicyclic) bond motifs is 1.